The summed E-state index contributed by atoms with van der Waals surface area (Å²) in [5.74, 6) is -0.165. The van der Waals surface area contributed by atoms with E-state index >= 15 is 0 Å². The van der Waals surface area contributed by atoms with Crippen LogP contribution in [0.4, 0.5) is 4.39 Å². The minimum Gasteiger partial charge on any atom is -0.464 e. The molecule has 0 spiro atoms. The van der Waals surface area contributed by atoms with E-state index in [4.69, 9.17) is 4.42 Å². The van der Waals surface area contributed by atoms with Crippen molar-refractivity contribution in [2.75, 3.05) is 6.54 Å². The van der Waals surface area contributed by atoms with E-state index in [1.807, 2.05) is 6.07 Å². The normalized spacial score (nSPS) is 21.4. The number of benzene rings is 1. The van der Waals surface area contributed by atoms with Crippen LogP contribution in [-0.2, 0) is 0 Å². The standard InChI is InChI=1S/C13H14FNO/c14-10-5-4-9-6-8-16-13(9)12(10)11-3-1-2-7-15-11/h4-6,8,11,15H,1-3,7H2. The molecule has 1 unspecified atom stereocenters. The molecular formula is C13H14FNO. The molecule has 0 amide bonds. The first-order valence-corrected chi connectivity index (χ1v) is 5.75. The lowest BCUT2D eigenvalue weighted by Crippen LogP contribution is -2.27. The van der Waals surface area contributed by atoms with Crippen molar-refractivity contribution in [3.05, 3.63) is 35.8 Å². The molecule has 1 atom stereocenters. The molecule has 0 saturated carbocycles. The molecule has 1 fully saturated rings. The van der Waals surface area contributed by atoms with Gasteiger partial charge in [-0.3, -0.25) is 0 Å². The van der Waals surface area contributed by atoms with E-state index < -0.39 is 0 Å². The SMILES string of the molecule is Fc1ccc2ccoc2c1C1CCCCN1. The van der Waals surface area contributed by atoms with Crippen LogP contribution >= 0.6 is 0 Å². The van der Waals surface area contributed by atoms with Gasteiger partial charge < -0.3 is 9.73 Å². The molecule has 1 aliphatic heterocycles. The minimum absolute atomic E-state index is 0.101. The number of hydrogen-bond donors (Lipinski definition) is 1. The van der Waals surface area contributed by atoms with Crippen LogP contribution in [0.2, 0.25) is 0 Å². The zero-order valence-corrected chi connectivity index (χ0v) is 9.00. The first-order chi connectivity index (χ1) is 7.86. The summed E-state index contributed by atoms with van der Waals surface area (Å²) in [5.41, 5.74) is 1.39. The molecule has 16 heavy (non-hydrogen) atoms. The van der Waals surface area contributed by atoms with Crippen molar-refractivity contribution in [1.82, 2.24) is 5.32 Å². The van der Waals surface area contributed by atoms with E-state index in [-0.39, 0.29) is 11.9 Å². The third-order valence-electron chi connectivity index (χ3n) is 3.27. The van der Waals surface area contributed by atoms with Gasteiger partial charge in [0.2, 0.25) is 0 Å². The molecular weight excluding hydrogens is 205 g/mol. The molecule has 1 saturated heterocycles. The van der Waals surface area contributed by atoms with Crippen molar-refractivity contribution < 1.29 is 8.81 Å². The molecule has 1 N–H and O–H groups in total. The van der Waals surface area contributed by atoms with Gasteiger partial charge in [-0.1, -0.05) is 6.42 Å². The van der Waals surface area contributed by atoms with E-state index in [0.717, 1.165) is 24.8 Å². The number of fused-ring (bicyclic) bond motifs is 1. The van der Waals surface area contributed by atoms with Crippen molar-refractivity contribution in [1.29, 1.82) is 0 Å². The lowest BCUT2D eigenvalue weighted by atomic mass is 9.96. The highest BCUT2D eigenvalue weighted by atomic mass is 19.1. The number of furan rings is 1. The molecule has 2 nitrogen and oxygen atoms in total. The average molecular weight is 219 g/mol. The van der Waals surface area contributed by atoms with Crippen LogP contribution in [0.25, 0.3) is 11.0 Å². The molecule has 2 aromatic rings. The van der Waals surface area contributed by atoms with E-state index in [0.29, 0.717) is 11.1 Å². The van der Waals surface area contributed by atoms with Crippen molar-refractivity contribution in [3.63, 3.8) is 0 Å². The smallest absolute Gasteiger partial charge is 0.141 e. The summed E-state index contributed by atoms with van der Waals surface area (Å²) in [6.45, 7) is 0.960. The first kappa shape index (κ1) is 9.85. The van der Waals surface area contributed by atoms with Gasteiger partial charge in [-0.05, 0) is 37.6 Å². The van der Waals surface area contributed by atoms with Gasteiger partial charge in [0.05, 0.1) is 6.26 Å². The maximum atomic E-state index is 13.9. The predicted molar refractivity (Wildman–Crippen MR) is 60.8 cm³/mol. The van der Waals surface area contributed by atoms with Gasteiger partial charge in [-0.25, -0.2) is 4.39 Å². The Bertz CT molecular complexity index is 500. The zero-order chi connectivity index (χ0) is 11.0. The minimum atomic E-state index is -0.165. The molecule has 1 aromatic heterocycles. The Morgan fingerprint density at radius 1 is 1.25 bits per heavy atom. The monoisotopic (exact) mass is 219 g/mol. The Morgan fingerprint density at radius 3 is 3.00 bits per heavy atom. The van der Waals surface area contributed by atoms with Gasteiger partial charge in [0.1, 0.15) is 11.4 Å². The van der Waals surface area contributed by atoms with Crippen molar-refractivity contribution >= 4 is 11.0 Å². The van der Waals surface area contributed by atoms with E-state index in [1.165, 1.54) is 12.5 Å². The van der Waals surface area contributed by atoms with Crippen LogP contribution in [0.3, 0.4) is 0 Å². The Kier molecular flexibility index (Phi) is 2.40. The second-order valence-corrected chi connectivity index (χ2v) is 4.30. The van der Waals surface area contributed by atoms with Crippen molar-refractivity contribution in [2.24, 2.45) is 0 Å². The fourth-order valence-electron chi connectivity index (χ4n) is 2.45. The molecule has 2 heterocycles. The molecule has 3 heteroatoms. The third kappa shape index (κ3) is 1.52. The highest BCUT2D eigenvalue weighted by molar-refractivity contribution is 5.81. The molecule has 0 aliphatic carbocycles. The fraction of sp³-hybridized carbons (Fsp3) is 0.385. The van der Waals surface area contributed by atoms with E-state index in [2.05, 4.69) is 5.32 Å². The van der Waals surface area contributed by atoms with Crippen molar-refractivity contribution in [2.45, 2.75) is 25.3 Å². The number of halogens is 1. The molecule has 3 rings (SSSR count). The summed E-state index contributed by atoms with van der Waals surface area (Å²) < 4.78 is 19.3. The Labute approximate surface area is 93.4 Å². The maximum Gasteiger partial charge on any atom is 0.141 e. The molecule has 84 valence electrons. The van der Waals surface area contributed by atoms with Crippen LogP contribution < -0.4 is 5.32 Å². The highest BCUT2D eigenvalue weighted by Gasteiger charge is 2.22. The summed E-state index contributed by atoms with van der Waals surface area (Å²) in [6.07, 6.45) is 4.92. The molecule has 0 bridgehead atoms. The van der Waals surface area contributed by atoms with Crippen LogP contribution in [0.1, 0.15) is 30.9 Å². The van der Waals surface area contributed by atoms with Crippen LogP contribution in [0.5, 0.6) is 0 Å². The lowest BCUT2D eigenvalue weighted by molar-refractivity contribution is 0.398. The maximum absolute atomic E-state index is 13.9. The number of nitrogens with one attached hydrogen (secondary N) is 1. The Balaban J connectivity index is 2.12. The largest absolute Gasteiger partial charge is 0.464 e. The first-order valence-electron chi connectivity index (χ1n) is 5.75. The van der Waals surface area contributed by atoms with Gasteiger partial charge in [0.15, 0.2) is 0 Å². The topological polar surface area (TPSA) is 25.2 Å². The van der Waals surface area contributed by atoms with Crippen LogP contribution in [-0.4, -0.2) is 6.54 Å². The number of hydrogen-bond acceptors (Lipinski definition) is 2. The molecule has 0 radical (unpaired) electrons. The van der Waals surface area contributed by atoms with Gasteiger partial charge >= 0.3 is 0 Å². The summed E-state index contributed by atoms with van der Waals surface area (Å²) in [7, 11) is 0. The quantitative estimate of drug-likeness (QED) is 0.795. The van der Waals surface area contributed by atoms with Gasteiger partial charge in [0, 0.05) is 17.0 Å². The Morgan fingerprint density at radius 2 is 2.19 bits per heavy atom. The van der Waals surface area contributed by atoms with Gasteiger partial charge in [-0.2, -0.15) is 0 Å². The van der Waals surface area contributed by atoms with Crippen molar-refractivity contribution in [3.8, 4) is 0 Å². The molecule has 1 aliphatic rings. The average Bonchev–Trinajstić information content (AvgIpc) is 2.78. The van der Waals surface area contributed by atoms with E-state index in [9.17, 15) is 4.39 Å². The van der Waals surface area contributed by atoms with Gasteiger partial charge in [-0.15, -0.1) is 0 Å². The second-order valence-electron chi connectivity index (χ2n) is 4.30. The summed E-state index contributed by atoms with van der Waals surface area (Å²) in [5, 5.41) is 4.33. The highest BCUT2D eigenvalue weighted by Crippen LogP contribution is 2.32. The fourth-order valence-corrected chi connectivity index (χ4v) is 2.45. The summed E-state index contributed by atoms with van der Waals surface area (Å²) in [4.78, 5) is 0. The zero-order valence-electron chi connectivity index (χ0n) is 9.00. The number of rotatable bonds is 1. The summed E-state index contributed by atoms with van der Waals surface area (Å²) in [6, 6.07) is 5.27. The predicted octanol–water partition coefficient (Wildman–Crippen LogP) is 3.39. The molecule has 1 aromatic carbocycles. The second kappa shape index (κ2) is 3.91. The third-order valence-corrected chi connectivity index (χ3v) is 3.27. The number of piperidine rings is 1. The summed E-state index contributed by atoms with van der Waals surface area (Å²) >= 11 is 0. The van der Waals surface area contributed by atoms with Crippen LogP contribution in [0.15, 0.2) is 28.9 Å². The van der Waals surface area contributed by atoms with Crippen LogP contribution in [0, 0.1) is 5.82 Å². The lowest BCUT2D eigenvalue weighted by Gasteiger charge is -2.24. The van der Waals surface area contributed by atoms with E-state index in [1.54, 1.807) is 12.3 Å². The Hall–Kier alpha value is -1.35. The van der Waals surface area contributed by atoms with Gasteiger partial charge in [0.25, 0.3) is 0 Å².